The largest absolute Gasteiger partial charge is 0.493 e. The normalized spacial score (nSPS) is 10.4. The number of carbonyl (C=O) groups is 1. The Morgan fingerprint density at radius 2 is 1.53 bits per heavy atom. The molecule has 0 unspecified atom stereocenters. The van der Waals surface area contributed by atoms with Crippen molar-refractivity contribution in [2.45, 2.75) is 13.3 Å². The summed E-state index contributed by atoms with van der Waals surface area (Å²) in [5.41, 5.74) is 2.43. The van der Waals surface area contributed by atoms with Crippen molar-refractivity contribution < 1.29 is 19.0 Å². The van der Waals surface area contributed by atoms with Gasteiger partial charge in [-0.2, -0.15) is 0 Å². The molecule has 0 atom stereocenters. The number of benzene rings is 3. The van der Waals surface area contributed by atoms with E-state index in [1.165, 1.54) is 5.56 Å². The number of hydrogen-bond donors (Lipinski definition) is 1. The standard InChI is InChI=1S/C25H27NO4/c1-2-28-16-17-30-23-12-6-10-21(18-23)25(27)26-22-11-7-13-24(19-22)29-15-14-20-8-4-3-5-9-20/h3-13,18-19H,2,14-17H2,1H3,(H,26,27). The molecule has 0 aliphatic carbocycles. The molecule has 0 fully saturated rings. The van der Waals surface area contributed by atoms with Gasteiger partial charge in [0.05, 0.1) is 13.2 Å². The number of hydrogen-bond acceptors (Lipinski definition) is 4. The average molecular weight is 405 g/mol. The van der Waals surface area contributed by atoms with E-state index in [4.69, 9.17) is 14.2 Å². The van der Waals surface area contributed by atoms with E-state index in [0.717, 1.165) is 12.2 Å². The molecule has 0 heterocycles. The van der Waals surface area contributed by atoms with Crippen molar-refractivity contribution in [1.82, 2.24) is 0 Å². The summed E-state index contributed by atoms with van der Waals surface area (Å²) in [6.45, 7) is 4.13. The van der Waals surface area contributed by atoms with Crippen molar-refractivity contribution in [3.8, 4) is 11.5 Å². The number of ether oxygens (including phenoxy) is 3. The summed E-state index contributed by atoms with van der Waals surface area (Å²) in [5.74, 6) is 1.16. The molecule has 0 bridgehead atoms. The van der Waals surface area contributed by atoms with Crippen LogP contribution in [0.5, 0.6) is 11.5 Å². The van der Waals surface area contributed by atoms with Crippen LogP contribution in [-0.4, -0.2) is 32.3 Å². The van der Waals surface area contributed by atoms with E-state index in [-0.39, 0.29) is 5.91 Å². The van der Waals surface area contributed by atoms with Gasteiger partial charge in [-0.1, -0.05) is 42.5 Å². The van der Waals surface area contributed by atoms with Crippen molar-refractivity contribution in [1.29, 1.82) is 0 Å². The third kappa shape index (κ3) is 6.94. The number of amides is 1. The second-order valence-corrected chi connectivity index (χ2v) is 6.64. The first kappa shape index (κ1) is 21.4. The highest BCUT2D eigenvalue weighted by Gasteiger charge is 2.08. The monoisotopic (exact) mass is 405 g/mol. The van der Waals surface area contributed by atoms with Gasteiger partial charge in [-0.3, -0.25) is 4.79 Å². The van der Waals surface area contributed by atoms with E-state index in [0.29, 0.717) is 43.4 Å². The topological polar surface area (TPSA) is 56.8 Å². The first-order valence-corrected chi connectivity index (χ1v) is 10.1. The van der Waals surface area contributed by atoms with E-state index >= 15 is 0 Å². The van der Waals surface area contributed by atoms with Crippen LogP contribution >= 0.6 is 0 Å². The zero-order valence-corrected chi connectivity index (χ0v) is 17.2. The van der Waals surface area contributed by atoms with Crippen LogP contribution in [0.3, 0.4) is 0 Å². The molecule has 5 heteroatoms. The molecular formula is C25H27NO4. The number of rotatable bonds is 11. The minimum atomic E-state index is -0.202. The Morgan fingerprint density at radius 1 is 0.800 bits per heavy atom. The van der Waals surface area contributed by atoms with Gasteiger partial charge in [-0.15, -0.1) is 0 Å². The summed E-state index contributed by atoms with van der Waals surface area (Å²) in [6, 6.07) is 24.7. The van der Waals surface area contributed by atoms with Crippen LogP contribution in [0.1, 0.15) is 22.8 Å². The van der Waals surface area contributed by atoms with Gasteiger partial charge < -0.3 is 19.5 Å². The molecule has 3 rings (SSSR count). The highest BCUT2D eigenvalue weighted by Crippen LogP contribution is 2.20. The van der Waals surface area contributed by atoms with Gasteiger partial charge in [-0.25, -0.2) is 0 Å². The van der Waals surface area contributed by atoms with Crippen molar-refractivity contribution >= 4 is 11.6 Å². The van der Waals surface area contributed by atoms with Gasteiger partial charge in [0.2, 0.25) is 0 Å². The van der Waals surface area contributed by atoms with Crippen molar-refractivity contribution in [2.75, 3.05) is 31.7 Å². The second kappa shape index (κ2) is 11.6. The average Bonchev–Trinajstić information content (AvgIpc) is 2.78. The van der Waals surface area contributed by atoms with Crippen LogP contribution in [-0.2, 0) is 11.2 Å². The number of carbonyl (C=O) groups excluding carboxylic acids is 1. The molecule has 0 aliphatic heterocycles. The Balaban J connectivity index is 1.53. The first-order valence-electron chi connectivity index (χ1n) is 10.1. The SMILES string of the molecule is CCOCCOc1cccc(C(=O)Nc2cccc(OCCc3ccccc3)c2)c1. The number of anilines is 1. The Kier molecular flexibility index (Phi) is 8.30. The third-order valence-electron chi connectivity index (χ3n) is 4.39. The summed E-state index contributed by atoms with van der Waals surface area (Å²) < 4.78 is 16.7. The molecule has 0 saturated heterocycles. The fourth-order valence-electron chi connectivity index (χ4n) is 2.89. The lowest BCUT2D eigenvalue weighted by atomic mass is 10.2. The van der Waals surface area contributed by atoms with E-state index in [9.17, 15) is 4.79 Å². The quantitative estimate of drug-likeness (QED) is 0.457. The lowest BCUT2D eigenvalue weighted by Gasteiger charge is -2.11. The highest BCUT2D eigenvalue weighted by atomic mass is 16.5. The molecule has 156 valence electrons. The van der Waals surface area contributed by atoms with Gasteiger partial charge in [0.1, 0.15) is 18.1 Å². The van der Waals surface area contributed by atoms with Crippen molar-refractivity contribution in [3.05, 3.63) is 90.0 Å². The maximum absolute atomic E-state index is 12.6. The van der Waals surface area contributed by atoms with Gasteiger partial charge in [0.15, 0.2) is 0 Å². The molecule has 0 aliphatic rings. The summed E-state index contributed by atoms with van der Waals surface area (Å²) in [7, 11) is 0. The molecule has 0 aromatic heterocycles. The van der Waals surface area contributed by atoms with E-state index in [2.05, 4.69) is 17.4 Å². The predicted molar refractivity (Wildman–Crippen MR) is 118 cm³/mol. The van der Waals surface area contributed by atoms with Crippen LogP contribution < -0.4 is 14.8 Å². The minimum Gasteiger partial charge on any atom is -0.493 e. The molecule has 0 spiro atoms. The van der Waals surface area contributed by atoms with Crippen LogP contribution in [0.25, 0.3) is 0 Å². The smallest absolute Gasteiger partial charge is 0.255 e. The van der Waals surface area contributed by atoms with Crippen molar-refractivity contribution in [3.63, 3.8) is 0 Å². The third-order valence-corrected chi connectivity index (χ3v) is 4.39. The summed E-state index contributed by atoms with van der Waals surface area (Å²) in [4.78, 5) is 12.6. The molecular weight excluding hydrogens is 378 g/mol. The maximum Gasteiger partial charge on any atom is 0.255 e. The Morgan fingerprint density at radius 3 is 2.33 bits per heavy atom. The molecule has 0 saturated carbocycles. The Bertz CT molecular complexity index is 927. The second-order valence-electron chi connectivity index (χ2n) is 6.64. The first-order chi connectivity index (χ1) is 14.7. The molecule has 1 N–H and O–H groups in total. The zero-order valence-electron chi connectivity index (χ0n) is 17.2. The lowest BCUT2D eigenvalue weighted by molar-refractivity contribution is 0.102. The molecule has 3 aromatic rings. The van der Waals surface area contributed by atoms with E-state index in [1.807, 2.05) is 55.5 Å². The van der Waals surface area contributed by atoms with Crippen molar-refractivity contribution in [2.24, 2.45) is 0 Å². The van der Waals surface area contributed by atoms with E-state index < -0.39 is 0 Å². The van der Waals surface area contributed by atoms with Gasteiger partial charge in [-0.05, 0) is 42.8 Å². The van der Waals surface area contributed by atoms with Gasteiger partial charge >= 0.3 is 0 Å². The summed E-state index contributed by atoms with van der Waals surface area (Å²) >= 11 is 0. The molecule has 3 aromatic carbocycles. The summed E-state index contributed by atoms with van der Waals surface area (Å²) in [6.07, 6.45) is 0.827. The maximum atomic E-state index is 12.6. The van der Waals surface area contributed by atoms with Gasteiger partial charge in [0.25, 0.3) is 5.91 Å². The van der Waals surface area contributed by atoms with Crippen LogP contribution in [0.2, 0.25) is 0 Å². The highest BCUT2D eigenvalue weighted by molar-refractivity contribution is 6.04. The van der Waals surface area contributed by atoms with Gasteiger partial charge in [0, 0.05) is 30.3 Å². The summed E-state index contributed by atoms with van der Waals surface area (Å²) in [5, 5.41) is 2.91. The molecule has 30 heavy (non-hydrogen) atoms. The Labute approximate surface area is 177 Å². The van der Waals surface area contributed by atoms with Crippen LogP contribution in [0, 0.1) is 0 Å². The zero-order chi connectivity index (χ0) is 21.0. The fourth-order valence-corrected chi connectivity index (χ4v) is 2.89. The molecule has 1 amide bonds. The Hall–Kier alpha value is -3.31. The van der Waals surface area contributed by atoms with Crippen LogP contribution in [0.15, 0.2) is 78.9 Å². The van der Waals surface area contributed by atoms with E-state index in [1.54, 1.807) is 18.2 Å². The fraction of sp³-hybridized carbons (Fsp3) is 0.240. The lowest BCUT2D eigenvalue weighted by Crippen LogP contribution is -2.12. The number of nitrogens with one attached hydrogen (secondary N) is 1. The molecule has 0 radical (unpaired) electrons. The van der Waals surface area contributed by atoms with Crippen LogP contribution in [0.4, 0.5) is 5.69 Å². The minimum absolute atomic E-state index is 0.202. The predicted octanol–water partition coefficient (Wildman–Crippen LogP) is 4.98. The molecule has 5 nitrogen and oxygen atoms in total.